The molecule has 2 rings (SSSR count). The fourth-order valence-electron chi connectivity index (χ4n) is 2.17. The Hall–Kier alpha value is -0.570. The fourth-order valence-corrected chi connectivity index (χ4v) is 2.17. The Labute approximate surface area is 71.7 Å². The molecule has 1 aliphatic carbocycles. The molecular weight excluding hydrogens is 156 g/mol. The molecule has 1 aliphatic heterocycles. The highest BCUT2D eigenvalue weighted by molar-refractivity contribution is 5.66. The van der Waals surface area contributed by atoms with Crippen molar-refractivity contribution in [2.75, 3.05) is 0 Å². The molecule has 2 fully saturated rings. The van der Waals surface area contributed by atoms with Gasteiger partial charge >= 0.3 is 5.97 Å². The molecule has 1 N–H and O–H groups in total. The number of fused-ring (bicyclic) bond motifs is 1. The van der Waals surface area contributed by atoms with Crippen molar-refractivity contribution in [3.8, 4) is 0 Å². The van der Waals surface area contributed by atoms with E-state index >= 15 is 0 Å². The maximum Gasteiger partial charge on any atom is 0.303 e. The second-order valence-electron chi connectivity index (χ2n) is 3.76. The molecule has 3 nitrogen and oxygen atoms in total. The monoisotopic (exact) mass is 170 g/mol. The molecule has 0 aromatic carbocycles. The van der Waals surface area contributed by atoms with Gasteiger partial charge in [-0.15, -0.1) is 0 Å². The van der Waals surface area contributed by atoms with Crippen LogP contribution in [0.15, 0.2) is 0 Å². The Kier molecular flexibility index (Phi) is 2.05. The number of aliphatic carboxylic acids is 1. The lowest BCUT2D eigenvalue weighted by molar-refractivity contribution is -0.137. The predicted octanol–water partition coefficient (Wildman–Crippen LogP) is 1.42. The van der Waals surface area contributed by atoms with Crippen molar-refractivity contribution < 1.29 is 14.6 Å². The molecule has 0 aromatic heterocycles. The Morgan fingerprint density at radius 3 is 3.08 bits per heavy atom. The Balaban J connectivity index is 1.76. The molecule has 0 radical (unpaired) electrons. The lowest BCUT2D eigenvalue weighted by atomic mass is 9.86. The summed E-state index contributed by atoms with van der Waals surface area (Å²) in [6.07, 6.45) is 5.57. The summed E-state index contributed by atoms with van der Waals surface area (Å²) >= 11 is 0. The van der Waals surface area contributed by atoms with Crippen LogP contribution in [0, 0.1) is 5.92 Å². The molecule has 0 aromatic rings. The summed E-state index contributed by atoms with van der Waals surface area (Å²) in [6, 6.07) is 0. The van der Waals surface area contributed by atoms with Gasteiger partial charge in [0.05, 0.1) is 12.2 Å². The van der Waals surface area contributed by atoms with E-state index in [4.69, 9.17) is 9.84 Å². The summed E-state index contributed by atoms with van der Waals surface area (Å²) in [5, 5.41) is 8.50. The molecule has 1 saturated carbocycles. The summed E-state index contributed by atoms with van der Waals surface area (Å²) in [4.78, 5) is 10.3. The maximum atomic E-state index is 10.3. The van der Waals surface area contributed by atoms with Crippen LogP contribution in [-0.2, 0) is 9.53 Å². The molecule has 2 aliphatic rings. The molecule has 3 heteroatoms. The third-order valence-electron chi connectivity index (χ3n) is 2.88. The van der Waals surface area contributed by atoms with Crippen LogP contribution in [0.1, 0.15) is 32.1 Å². The molecule has 12 heavy (non-hydrogen) atoms. The minimum atomic E-state index is -0.683. The quantitative estimate of drug-likeness (QED) is 0.651. The second kappa shape index (κ2) is 3.05. The number of hydrogen-bond donors (Lipinski definition) is 1. The number of ether oxygens (including phenoxy) is 1. The van der Waals surface area contributed by atoms with Gasteiger partial charge in [-0.05, 0) is 25.2 Å². The van der Waals surface area contributed by atoms with Crippen molar-refractivity contribution in [2.45, 2.75) is 44.3 Å². The first kappa shape index (κ1) is 8.05. The number of rotatable bonds is 3. The zero-order valence-electron chi connectivity index (χ0n) is 7.03. The average molecular weight is 170 g/mol. The van der Waals surface area contributed by atoms with Crippen LogP contribution >= 0.6 is 0 Å². The van der Waals surface area contributed by atoms with E-state index in [1.807, 2.05) is 0 Å². The SMILES string of the molecule is O=C(O)CCC1CCCC2OC12. The van der Waals surface area contributed by atoms with Crippen molar-refractivity contribution in [3.63, 3.8) is 0 Å². The van der Waals surface area contributed by atoms with Crippen LogP contribution in [0.4, 0.5) is 0 Å². The second-order valence-corrected chi connectivity index (χ2v) is 3.76. The molecule has 0 amide bonds. The zero-order valence-corrected chi connectivity index (χ0v) is 7.03. The van der Waals surface area contributed by atoms with E-state index in [0.717, 1.165) is 12.8 Å². The number of hydrogen-bond acceptors (Lipinski definition) is 2. The molecule has 0 bridgehead atoms. The predicted molar refractivity (Wildman–Crippen MR) is 42.9 cm³/mol. The number of epoxide rings is 1. The van der Waals surface area contributed by atoms with Gasteiger partial charge in [0, 0.05) is 6.42 Å². The first-order chi connectivity index (χ1) is 5.77. The number of carboxylic acid groups (broad SMARTS) is 1. The Bertz CT molecular complexity index is 190. The largest absolute Gasteiger partial charge is 0.481 e. The molecule has 68 valence electrons. The highest BCUT2D eigenvalue weighted by Crippen LogP contribution is 2.42. The van der Waals surface area contributed by atoms with Gasteiger partial charge in [0.25, 0.3) is 0 Å². The molecule has 1 saturated heterocycles. The minimum absolute atomic E-state index is 0.303. The normalized spacial score (nSPS) is 38.8. The highest BCUT2D eigenvalue weighted by Gasteiger charge is 2.46. The van der Waals surface area contributed by atoms with Gasteiger partial charge in [-0.3, -0.25) is 4.79 Å². The third-order valence-corrected chi connectivity index (χ3v) is 2.88. The average Bonchev–Trinajstić information content (AvgIpc) is 2.78. The van der Waals surface area contributed by atoms with Crippen LogP contribution in [0.5, 0.6) is 0 Å². The zero-order chi connectivity index (χ0) is 8.55. The Morgan fingerprint density at radius 2 is 2.33 bits per heavy atom. The van der Waals surface area contributed by atoms with Gasteiger partial charge in [0.2, 0.25) is 0 Å². The van der Waals surface area contributed by atoms with Gasteiger partial charge in [-0.2, -0.15) is 0 Å². The highest BCUT2D eigenvalue weighted by atomic mass is 16.6. The fraction of sp³-hybridized carbons (Fsp3) is 0.889. The van der Waals surface area contributed by atoms with Crippen molar-refractivity contribution in [1.82, 2.24) is 0 Å². The van der Waals surface area contributed by atoms with Crippen molar-refractivity contribution >= 4 is 5.97 Å². The summed E-state index contributed by atoms with van der Waals surface area (Å²) in [6.45, 7) is 0. The maximum absolute atomic E-state index is 10.3. The van der Waals surface area contributed by atoms with E-state index in [0.29, 0.717) is 24.5 Å². The summed E-state index contributed by atoms with van der Waals surface area (Å²) in [5.74, 6) is -0.155. The smallest absolute Gasteiger partial charge is 0.303 e. The van der Waals surface area contributed by atoms with Crippen LogP contribution in [0.25, 0.3) is 0 Å². The summed E-state index contributed by atoms with van der Waals surface area (Å²) in [5.41, 5.74) is 0. The minimum Gasteiger partial charge on any atom is -0.481 e. The first-order valence-corrected chi connectivity index (χ1v) is 4.64. The summed E-state index contributed by atoms with van der Waals surface area (Å²) in [7, 11) is 0. The molecule has 0 spiro atoms. The van der Waals surface area contributed by atoms with Crippen molar-refractivity contribution in [3.05, 3.63) is 0 Å². The van der Waals surface area contributed by atoms with Gasteiger partial charge in [-0.25, -0.2) is 0 Å². The van der Waals surface area contributed by atoms with Crippen molar-refractivity contribution in [2.24, 2.45) is 5.92 Å². The van der Waals surface area contributed by atoms with Gasteiger partial charge in [0.1, 0.15) is 0 Å². The standard InChI is InChI=1S/C9H14O3/c10-8(11)5-4-6-2-1-3-7-9(6)12-7/h6-7,9H,1-5H2,(H,10,11). The molecule has 3 unspecified atom stereocenters. The Morgan fingerprint density at radius 1 is 1.50 bits per heavy atom. The van der Waals surface area contributed by atoms with Crippen LogP contribution in [0.2, 0.25) is 0 Å². The topological polar surface area (TPSA) is 49.8 Å². The van der Waals surface area contributed by atoms with E-state index in [2.05, 4.69) is 0 Å². The van der Waals surface area contributed by atoms with E-state index in [1.54, 1.807) is 0 Å². The summed E-state index contributed by atoms with van der Waals surface area (Å²) < 4.78 is 5.43. The molecule has 1 heterocycles. The van der Waals surface area contributed by atoms with Crippen molar-refractivity contribution in [1.29, 1.82) is 0 Å². The molecule has 3 atom stereocenters. The van der Waals surface area contributed by atoms with Gasteiger partial charge < -0.3 is 9.84 Å². The van der Waals surface area contributed by atoms with Gasteiger partial charge in [0.15, 0.2) is 0 Å². The van der Waals surface area contributed by atoms with Crippen LogP contribution in [0.3, 0.4) is 0 Å². The lowest BCUT2D eigenvalue weighted by Crippen LogP contribution is -2.17. The number of carboxylic acids is 1. The van der Waals surface area contributed by atoms with E-state index in [9.17, 15) is 4.79 Å². The first-order valence-electron chi connectivity index (χ1n) is 4.64. The lowest BCUT2D eigenvalue weighted by Gasteiger charge is -2.16. The van der Waals surface area contributed by atoms with E-state index in [-0.39, 0.29) is 0 Å². The number of carbonyl (C=O) groups is 1. The van der Waals surface area contributed by atoms with E-state index < -0.39 is 5.97 Å². The van der Waals surface area contributed by atoms with Crippen LogP contribution in [-0.4, -0.2) is 23.3 Å². The van der Waals surface area contributed by atoms with E-state index in [1.165, 1.54) is 12.8 Å². The third kappa shape index (κ3) is 1.61. The molecular formula is C9H14O3. The van der Waals surface area contributed by atoms with Gasteiger partial charge in [-0.1, -0.05) is 6.42 Å². The van der Waals surface area contributed by atoms with Crippen LogP contribution < -0.4 is 0 Å².